The Morgan fingerprint density at radius 2 is 2.00 bits per heavy atom. The molecule has 1 saturated heterocycles. The van der Waals surface area contributed by atoms with Crippen LogP contribution in [0, 0.1) is 0 Å². The van der Waals surface area contributed by atoms with Gasteiger partial charge in [0.25, 0.3) is 0 Å². The van der Waals surface area contributed by atoms with Crippen molar-refractivity contribution in [2.45, 2.75) is 51.7 Å². The number of piperidine rings is 1. The van der Waals surface area contributed by atoms with Crippen LogP contribution in [0.25, 0.3) is 0 Å². The minimum Gasteiger partial charge on any atom is -0.465 e. The van der Waals surface area contributed by atoms with E-state index in [1.807, 2.05) is 6.92 Å². The first-order valence-electron chi connectivity index (χ1n) is 7.75. The second-order valence-corrected chi connectivity index (χ2v) is 6.10. The second kappa shape index (κ2) is 8.60. The summed E-state index contributed by atoms with van der Waals surface area (Å²) in [5, 5.41) is 3.32. The van der Waals surface area contributed by atoms with Gasteiger partial charge in [-0.15, -0.1) is 0 Å². The number of carbonyl (C=O) groups is 1. The zero-order valence-corrected chi connectivity index (χ0v) is 13.7. The molecule has 1 aliphatic heterocycles. The maximum absolute atomic E-state index is 12.0. The maximum atomic E-state index is 12.0. The third kappa shape index (κ3) is 5.77. The predicted octanol–water partition coefficient (Wildman–Crippen LogP) is 0.942. The zero-order valence-electron chi connectivity index (χ0n) is 13.7. The number of carbonyl (C=O) groups excluding carboxylic acids is 1. The van der Waals surface area contributed by atoms with Gasteiger partial charge in [-0.2, -0.15) is 0 Å². The Bertz CT molecular complexity index is 289. The minimum absolute atomic E-state index is 0.138. The molecule has 1 unspecified atom stereocenters. The Balaban J connectivity index is 2.52. The molecule has 1 rings (SSSR count). The molecule has 0 aromatic carbocycles. The summed E-state index contributed by atoms with van der Waals surface area (Å²) < 4.78 is 5.17. The van der Waals surface area contributed by atoms with Crippen LogP contribution >= 0.6 is 0 Å². The molecule has 118 valence electrons. The smallest absolute Gasteiger partial charge is 0.324 e. The highest BCUT2D eigenvalue weighted by Crippen LogP contribution is 2.14. The number of nitrogens with one attached hydrogen (secondary N) is 1. The number of nitrogens with zero attached hydrogens (tertiary/aromatic N) is 2. The standard InChI is InChI=1S/C15H31N3O2/c1-6-20-15(19)14(16-12(2)3)11-18(5)13-7-9-17(4)10-8-13/h12-14,16H,6-11H2,1-5H3. The van der Waals surface area contributed by atoms with Crippen molar-refractivity contribution >= 4 is 5.97 Å². The van der Waals surface area contributed by atoms with E-state index in [-0.39, 0.29) is 18.1 Å². The average Bonchev–Trinajstić information content (AvgIpc) is 2.38. The van der Waals surface area contributed by atoms with Crippen molar-refractivity contribution in [3.63, 3.8) is 0 Å². The Labute approximate surface area is 123 Å². The van der Waals surface area contributed by atoms with E-state index >= 15 is 0 Å². The quantitative estimate of drug-likeness (QED) is 0.705. The van der Waals surface area contributed by atoms with E-state index < -0.39 is 0 Å². The van der Waals surface area contributed by atoms with Gasteiger partial charge in [0.05, 0.1) is 6.61 Å². The summed E-state index contributed by atoms with van der Waals surface area (Å²) in [7, 11) is 4.28. The van der Waals surface area contributed by atoms with Crippen LogP contribution < -0.4 is 5.32 Å². The SMILES string of the molecule is CCOC(=O)C(CN(C)C1CCN(C)CC1)NC(C)C. The molecule has 0 aromatic heterocycles. The molecule has 1 heterocycles. The Hall–Kier alpha value is -0.650. The summed E-state index contributed by atoms with van der Waals surface area (Å²) in [4.78, 5) is 16.7. The van der Waals surface area contributed by atoms with E-state index in [0.717, 1.165) is 13.1 Å². The van der Waals surface area contributed by atoms with Gasteiger partial charge in [-0.3, -0.25) is 4.79 Å². The van der Waals surface area contributed by atoms with Crippen molar-refractivity contribution in [1.29, 1.82) is 0 Å². The molecular weight excluding hydrogens is 254 g/mol. The molecule has 1 fully saturated rings. The number of likely N-dealkylation sites (tertiary alicyclic amines) is 1. The monoisotopic (exact) mass is 285 g/mol. The van der Waals surface area contributed by atoms with Crippen molar-refractivity contribution in [3.05, 3.63) is 0 Å². The van der Waals surface area contributed by atoms with Gasteiger partial charge >= 0.3 is 5.97 Å². The van der Waals surface area contributed by atoms with Gasteiger partial charge in [0.2, 0.25) is 0 Å². The summed E-state index contributed by atoms with van der Waals surface area (Å²) in [6.45, 7) is 9.39. The van der Waals surface area contributed by atoms with Crippen LogP contribution in [0.15, 0.2) is 0 Å². The summed E-state index contributed by atoms with van der Waals surface area (Å²) in [5.41, 5.74) is 0. The van der Waals surface area contributed by atoms with Gasteiger partial charge in [0, 0.05) is 18.6 Å². The van der Waals surface area contributed by atoms with Crippen LogP contribution in [0.5, 0.6) is 0 Å². The van der Waals surface area contributed by atoms with Gasteiger partial charge in [0.1, 0.15) is 6.04 Å². The molecular formula is C15H31N3O2. The van der Waals surface area contributed by atoms with Gasteiger partial charge in [-0.25, -0.2) is 0 Å². The molecule has 1 aliphatic rings. The van der Waals surface area contributed by atoms with Gasteiger partial charge in [0.15, 0.2) is 0 Å². The van der Waals surface area contributed by atoms with Crippen LogP contribution in [0.2, 0.25) is 0 Å². The Kier molecular flexibility index (Phi) is 7.48. The first-order valence-corrected chi connectivity index (χ1v) is 7.75. The third-order valence-corrected chi connectivity index (χ3v) is 3.89. The highest BCUT2D eigenvalue weighted by molar-refractivity contribution is 5.76. The number of likely N-dealkylation sites (N-methyl/N-ethyl adjacent to an activating group) is 1. The number of rotatable bonds is 7. The van der Waals surface area contributed by atoms with Crippen molar-refractivity contribution in [2.75, 3.05) is 40.3 Å². The Morgan fingerprint density at radius 3 is 2.50 bits per heavy atom. The molecule has 0 bridgehead atoms. The molecule has 0 aromatic rings. The maximum Gasteiger partial charge on any atom is 0.324 e. The van der Waals surface area contributed by atoms with E-state index in [2.05, 4.69) is 43.1 Å². The van der Waals surface area contributed by atoms with Crippen LogP contribution in [-0.2, 0) is 9.53 Å². The zero-order chi connectivity index (χ0) is 15.1. The highest BCUT2D eigenvalue weighted by atomic mass is 16.5. The first-order chi connectivity index (χ1) is 9.43. The van der Waals surface area contributed by atoms with Crippen LogP contribution in [0.4, 0.5) is 0 Å². The normalized spacial score (nSPS) is 19.6. The fourth-order valence-electron chi connectivity index (χ4n) is 2.71. The lowest BCUT2D eigenvalue weighted by molar-refractivity contribution is -0.146. The number of hydrogen-bond donors (Lipinski definition) is 1. The molecule has 5 nitrogen and oxygen atoms in total. The van der Waals surface area contributed by atoms with E-state index in [1.54, 1.807) is 0 Å². The molecule has 0 spiro atoms. The van der Waals surface area contributed by atoms with Gasteiger partial charge in [-0.1, -0.05) is 13.8 Å². The van der Waals surface area contributed by atoms with Crippen LogP contribution in [0.1, 0.15) is 33.6 Å². The molecule has 20 heavy (non-hydrogen) atoms. The average molecular weight is 285 g/mol. The molecule has 5 heteroatoms. The van der Waals surface area contributed by atoms with Crippen LogP contribution in [0.3, 0.4) is 0 Å². The molecule has 0 saturated carbocycles. The largest absolute Gasteiger partial charge is 0.465 e. The predicted molar refractivity (Wildman–Crippen MR) is 81.8 cm³/mol. The summed E-state index contributed by atoms with van der Waals surface area (Å²) in [6, 6.07) is 0.604. The molecule has 0 aliphatic carbocycles. The van der Waals surface area contributed by atoms with Gasteiger partial charge in [-0.05, 0) is 47.0 Å². The van der Waals surface area contributed by atoms with Crippen molar-refractivity contribution in [1.82, 2.24) is 15.1 Å². The van der Waals surface area contributed by atoms with E-state index in [4.69, 9.17) is 4.74 Å². The lowest BCUT2D eigenvalue weighted by atomic mass is 10.0. The van der Waals surface area contributed by atoms with Gasteiger partial charge < -0.3 is 19.9 Å². The summed E-state index contributed by atoms with van der Waals surface area (Å²) in [6.07, 6.45) is 2.34. The first kappa shape index (κ1) is 17.4. The fourth-order valence-corrected chi connectivity index (χ4v) is 2.71. The topological polar surface area (TPSA) is 44.8 Å². The Morgan fingerprint density at radius 1 is 1.40 bits per heavy atom. The minimum atomic E-state index is -0.236. The molecule has 1 atom stereocenters. The van der Waals surface area contributed by atoms with E-state index in [0.29, 0.717) is 19.2 Å². The highest BCUT2D eigenvalue weighted by Gasteiger charge is 2.27. The second-order valence-electron chi connectivity index (χ2n) is 6.10. The van der Waals surface area contributed by atoms with E-state index in [9.17, 15) is 4.79 Å². The number of ether oxygens (including phenoxy) is 1. The molecule has 1 N–H and O–H groups in total. The third-order valence-electron chi connectivity index (χ3n) is 3.89. The summed E-state index contributed by atoms with van der Waals surface area (Å²) in [5.74, 6) is -0.138. The van der Waals surface area contributed by atoms with Crippen LogP contribution in [-0.4, -0.2) is 74.2 Å². The van der Waals surface area contributed by atoms with Crippen molar-refractivity contribution in [3.8, 4) is 0 Å². The molecule has 0 amide bonds. The summed E-state index contributed by atoms with van der Waals surface area (Å²) >= 11 is 0. The lowest BCUT2D eigenvalue weighted by Crippen LogP contribution is -2.52. The van der Waals surface area contributed by atoms with Crippen molar-refractivity contribution < 1.29 is 9.53 Å². The lowest BCUT2D eigenvalue weighted by Gasteiger charge is -2.36. The fraction of sp³-hybridized carbons (Fsp3) is 0.933. The molecule has 0 radical (unpaired) electrons. The number of esters is 1. The van der Waals surface area contributed by atoms with Crippen molar-refractivity contribution in [2.24, 2.45) is 0 Å². The van der Waals surface area contributed by atoms with E-state index in [1.165, 1.54) is 12.8 Å². The number of hydrogen-bond acceptors (Lipinski definition) is 5.